The van der Waals surface area contributed by atoms with Crippen molar-refractivity contribution in [2.24, 2.45) is 0 Å². The standard InChI is InChI=1S/C19H22N2O2/c1-23-18-7-3-5-15-9-11-16(21-19(15)18)10-8-14-4-2-6-17(12-14)20-13-22/h2-7,12-13,16,21H,8-11H2,1H3,(H,20,22). The number of hydrogen-bond donors (Lipinski definition) is 2. The number of ether oxygens (including phenoxy) is 1. The lowest BCUT2D eigenvalue weighted by Crippen LogP contribution is -2.26. The number of nitrogens with one attached hydrogen (secondary N) is 2. The summed E-state index contributed by atoms with van der Waals surface area (Å²) in [5.74, 6) is 0.921. The van der Waals surface area contributed by atoms with Crippen LogP contribution in [0.25, 0.3) is 0 Å². The summed E-state index contributed by atoms with van der Waals surface area (Å²) in [6.07, 6.45) is 4.97. The summed E-state index contributed by atoms with van der Waals surface area (Å²) in [4.78, 5) is 10.5. The molecule has 2 aromatic rings. The van der Waals surface area contributed by atoms with E-state index in [0.29, 0.717) is 12.5 Å². The maximum Gasteiger partial charge on any atom is 0.211 e. The van der Waals surface area contributed by atoms with E-state index < -0.39 is 0 Å². The number of amides is 1. The van der Waals surface area contributed by atoms with Crippen LogP contribution in [0.5, 0.6) is 5.75 Å². The van der Waals surface area contributed by atoms with Crippen LogP contribution in [0.1, 0.15) is 24.0 Å². The Labute approximate surface area is 136 Å². The molecule has 1 amide bonds. The van der Waals surface area contributed by atoms with Gasteiger partial charge in [-0.1, -0.05) is 24.3 Å². The average molecular weight is 310 g/mol. The molecule has 2 aromatic carbocycles. The minimum absolute atomic E-state index is 0.446. The topological polar surface area (TPSA) is 50.4 Å². The third-order valence-electron chi connectivity index (χ3n) is 4.38. The molecule has 0 aromatic heterocycles. The number of fused-ring (bicyclic) bond motifs is 1. The summed E-state index contributed by atoms with van der Waals surface area (Å²) in [5, 5.41) is 6.33. The first kappa shape index (κ1) is 15.4. The number of carbonyl (C=O) groups is 1. The van der Waals surface area contributed by atoms with Crippen LogP contribution in [0.2, 0.25) is 0 Å². The van der Waals surface area contributed by atoms with E-state index in [-0.39, 0.29) is 0 Å². The summed E-state index contributed by atoms with van der Waals surface area (Å²) in [6, 6.07) is 14.7. The van der Waals surface area contributed by atoms with Crippen molar-refractivity contribution in [3.63, 3.8) is 0 Å². The Balaban J connectivity index is 1.63. The Morgan fingerprint density at radius 3 is 3.00 bits per heavy atom. The second-order valence-corrected chi connectivity index (χ2v) is 5.88. The molecular weight excluding hydrogens is 288 g/mol. The highest BCUT2D eigenvalue weighted by atomic mass is 16.5. The van der Waals surface area contributed by atoms with Crippen LogP contribution in [-0.2, 0) is 17.6 Å². The fraction of sp³-hybridized carbons (Fsp3) is 0.316. The van der Waals surface area contributed by atoms with E-state index in [1.54, 1.807) is 7.11 Å². The molecule has 1 heterocycles. The molecule has 23 heavy (non-hydrogen) atoms. The second-order valence-electron chi connectivity index (χ2n) is 5.88. The van der Waals surface area contributed by atoms with Crippen LogP contribution in [0.4, 0.5) is 11.4 Å². The Bertz CT molecular complexity index is 671. The van der Waals surface area contributed by atoms with Crippen molar-refractivity contribution >= 4 is 17.8 Å². The number of methoxy groups -OCH3 is 1. The predicted molar refractivity (Wildman–Crippen MR) is 93.2 cm³/mol. The predicted octanol–water partition coefficient (Wildman–Crippen LogP) is 3.62. The number of carbonyl (C=O) groups excluding carboxylic acids is 1. The minimum atomic E-state index is 0.446. The highest BCUT2D eigenvalue weighted by Gasteiger charge is 2.20. The van der Waals surface area contributed by atoms with Gasteiger partial charge in [0.1, 0.15) is 5.75 Å². The van der Waals surface area contributed by atoms with Gasteiger partial charge in [-0.15, -0.1) is 0 Å². The molecule has 2 N–H and O–H groups in total. The smallest absolute Gasteiger partial charge is 0.211 e. The van der Waals surface area contributed by atoms with E-state index in [9.17, 15) is 4.79 Å². The van der Waals surface area contributed by atoms with Crippen molar-refractivity contribution < 1.29 is 9.53 Å². The van der Waals surface area contributed by atoms with E-state index in [1.807, 2.05) is 30.3 Å². The van der Waals surface area contributed by atoms with Gasteiger partial charge in [0.05, 0.1) is 12.8 Å². The molecule has 120 valence electrons. The molecule has 1 atom stereocenters. The number of aryl methyl sites for hydroxylation is 2. The van der Waals surface area contributed by atoms with Crippen molar-refractivity contribution in [3.05, 3.63) is 53.6 Å². The lowest BCUT2D eigenvalue weighted by atomic mass is 9.93. The maximum atomic E-state index is 10.5. The first-order valence-electron chi connectivity index (χ1n) is 8.01. The summed E-state index contributed by atoms with van der Waals surface area (Å²) in [6.45, 7) is 0. The Hall–Kier alpha value is -2.49. The maximum absolute atomic E-state index is 10.5. The van der Waals surface area contributed by atoms with E-state index in [1.165, 1.54) is 11.1 Å². The molecule has 0 radical (unpaired) electrons. The van der Waals surface area contributed by atoms with Crippen LogP contribution in [-0.4, -0.2) is 19.6 Å². The first-order valence-corrected chi connectivity index (χ1v) is 8.01. The van der Waals surface area contributed by atoms with Crippen LogP contribution >= 0.6 is 0 Å². The zero-order chi connectivity index (χ0) is 16.1. The zero-order valence-electron chi connectivity index (χ0n) is 13.3. The van der Waals surface area contributed by atoms with Gasteiger partial charge in [-0.2, -0.15) is 0 Å². The molecule has 0 saturated heterocycles. The quantitative estimate of drug-likeness (QED) is 0.801. The molecule has 1 aliphatic heterocycles. The van der Waals surface area contributed by atoms with Gasteiger partial charge in [-0.3, -0.25) is 4.79 Å². The molecule has 1 unspecified atom stereocenters. The summed E-state index contributed by atoms with van der Waals surface area (Å²) in [7, 11) is 1.71. The van der Waals surface area contributed by atoms with Gasteiger partial charge in [0, 0.05) is 11.7 Å². The highest BCUT2D eigenvalue weighted by Crippen LogP contribution is 2.34. The molecule has 4 nitrogen and oxygen atoms in total. The molecule has 1 aliphatic rings. The van der Waals surface area contributed by atoms with Crippen LogP contribution < -0.4 is 15.4 Å². The van der Waals surface area contributed by atoms with Gasteiger partial charge >= 0.3 is 0 Å². The normalized spacial score (nSPS) is 16.1. The zero-order valence-corrected chi connectivity index (χ0v) is 13.3. The van der Waals surface area contributed by atoms with Crippen LogP contribution in [0, 0.1) is 0 Å². The molecule has 0 bridgehead atoms. The van der Waals surface area contributed by atoms with Gasteiger partial charge in [-0.05, 0) is 55.0 Å². The summed E-state index contributed by atoms with van der Waals surface area (Å²) < 4.78 is 5.46. The lowest BCUT2D eigenvalue weighted by Gasteiger charge is -2.28. The Kier molecular flexibility index (Phi) is 4.81. The summed E-state index contributed by atoms with van der Waals surface area (Å²) in [5.41, 5.74) is 4.56. The van der Waals surface area contributed by atoms with E-state index in [4.69, 9.17) is 4.74 Å². The molecule has 0 fully saturated rings. The number of para-hydroxylation sites is 1. The monoisotopic (exact) mass is 310 g/mol. The third-order valence-corrected chi connectivity index (χ3v) is 4.38. The van der Waals surface area contributed by atoms with E-state index in [2.05, 4.69) is 22.8 Å². The molecule has 0 spiro atoms. The van der Waals surface area contributed by atoms with Crippen molar-refractivity contribution in [1.29, 1.82) is 0 Å². The van der Waals surface area contributed by atoms with Gasteiger partial charge in [0.25, 0.3) is 0 Å². The van der Waals surface area contributed by atoms with Gasteiger partial charge < -0.3 is 15.4 Å². The summed E-state index contributed by atoms with van der Waals surface area (Å²) >= 11 is 0. The van der Waals surface area contributed by atoms with Gasteiger partial charge in [0.15, 0.2) is 0 Å². The number of anilines is 2. The van der Waals surface area contributed by atoms with Gasteiger partial charge in [-0.25, -0.2) is 0 Å². The van der Waals surface area contributed by atoms with Crippen molar-refractivity contribution in [3.8, 4) is 5.75 Å². The molecule has 4 heteroatoms. The molecule has 0 aliphatic carbocycles. The minimum Gasteiger partial charge on any atom is -0.495 e. The largest absolute Gasteiger partial charge is 0.495 e. The number of rotatable bonds is 6. The number of benzene rings is 2. The highest BCUT2D eigenvalue weighted by molar-refractivity contribution is 5.71. The second kappa shape index (κ2) is 7.18. The van der Waals surface area contributed by atoms with Crippen LogP contribution in [0.3, 0.4) is 0 Å². The van der Waals surface area contributed by atoms with Crippen molar-refractivity contribution in [2.45, 2.75) is 31.7 Å². The first-order chi connectivity index (χ1) is 11.3. The lowest BCUT2D eigenvalue weighted by molar-refractivity contribution is -0.105. The fourth-order valence-electron chi connectivity index (χ4n) is 3.17. The molecule has 3 rings (SSSR count). The fourth-order valence-corrected chi connectivity index (χ4v) is 3.17. The average Bonchev–Trinajstić information content (AvgIpc) is 2.60. The van der Waals surface area contributed by atoms with E-state index >= 15 is 0 Å². The van der Waals surface area contributed by atoms with Crippen molar-refractivity contribution in [1.82, 2.24) is 0 Å². The van der Waals surface area contributed by atoms with Crippen LogP contribution in [0.15, 0.2) is 42.5 Å². The Morgan fingerprint density at radius 2 is 2.17 bits per heavy atom. The SMILES string of the molecule is COc1cccc2c1NC(CCc1cccc(NC=O)c1)CC2. The van der Waals surface area contributed by atoms with Crippen molar-refractivity contribution in [2.75, 3.05) is 17.7 Å². The molecular formula is C19H22N2O2. The van der Waals surface area contributed by atoms with Gasteiger partial charge in [0.2, 0.25) is 6.41 Å². The number of hydrogen-bond acceptors (Lipinski definition) is 3. The van der Waals surface area contributed by atoms with E-state index in [0.717, 1.165) is 42.8 Å². The Morgan fingerprint density at radius 1 is 1.30 bits per heavy atom. The third kappa shape index (κ3) is 3.65. The molecule has 0 saturated carbocycles.